The average molecular weight is 416 g/mol. The molecular formula is C25H29N5O. The van der Waals surface area contributed by atoms with Crippen molar-refractivity contribution in [1.82, 2.24) is 19.8 Å². The van der Waals surface area contributed by atoms with Crippen LogP contribution in [0.5, 0.6) is 0 Å². The van der Waals surface area contributed by atoms with Crippen LogP contribution in [0, 0.1) is 0 Å². The van der Waals surface area contributed by atoms with Crippen molar-refractivity contribution in [3.63, 3.8) is 0 Å². The summed E-state index contributed by atoms with van der Waals surface area (Å²) in [5, 5.41) is 2.41. The number of hydrogen-bond acceptors (Lipinski definition) is 5. The Kier molecular flexibility index (Phi) is 5.32. The minimum absolute atomic E-state index is 0.159. The molecule has 0 saturated carbocycles. The van der Waals surface area contributed by atoms with E-state index in [0.29, 0.717) is 12.0 Å². The lowest BCUT2D eigenvalue weighted by Crippen LogP contribution is -2.46. The third-order valence-corrected chi connectivity index (χ3v) is 6.69. The van der Waals surface area contributed by atoms with E-state index in [0.717, 1.165) is 50.2 Å². The van der Waals surface area contributed by atoms with E-state index < -0.39 is 0 Å². The predicted octanol–water partition coefficient (Wildman–Crippen LogP) is 3.43. The Morgan fingerprint density at radius 3 is 2.68 bits per heavy atom. The molecule has 6 heteroatoms. The summed E-state index contributed by atoms with van der Waals surface area (Å²) in [5.41, 5.74) is 1.96. The minimum atomic E-state index is -0.159. The number of nitrogens with zero attached hydrogens (tertiary/aromatic N) is 5. The molecule has 2 fully saturated rings. The number of anilines is 1. The van der Waals surface area contributed by atoms with Gasteiger partial charge in [0.05, 0.1) is 5.69 Å². The van der Waals surface area contributed by atoms with Gasteiger partial charge < -0.3 is 14.7 Å². The standard InChI is InChI=1S/C25H29N5O/c1-28(2)21-12-15-29(17-21)24(31)23-8-5-14-30(23)25-26-13-11-22(27-25)20-10-9-18-6-3-4-7-19(18)16-20/h3-4,6-7,9-11,13,16,21,23H,5,8,12,14-15,17H2,1-2H3/t21?,23-/m1/s1. The monoisotopic (exact) mass is 415 g/mol. The van der Waals surface area contributed by atoms with Crippen molar-refractivity contribution >= 4 is 22.6 Å². The predicted molar refractivity (Wildman–Crippen MR) is 124 cm³/mol. The lowest BCUT2D eigenvalue weighted by molar-refractivity contribution is -0.131. The Labute approximate surface area is 183 Å². The molecule has 0 N–H and O–H groups in total. The van der Waals surface area contributed by atoms with Crippen molar-refractivity contribution in [3.05, 3.63) is 54.7 Å². The third-order valence-electron chi connectivity index (χ3n) is 6.69. The molecule has 2 atom stereocenters. The highest BCUT2D eigenvalue weighted by Gasteiger charge is 2.38. The summed E-state index contributed by atoms with van der Waals surface area (Å²) in [4.78, 5) is 29.1. The maximum atomic E-state index is 13.3. The van der Waals surface area contributed by atoms with Crippen LogP contribution in [0.1, 0.15) is 19.3 Å². The van der Waals surface area contributed by atoms with Gasteiger partial charge in [0.15, 0.2) is 0 Å². The number of carbonyl (C=O) groups excluding carboxylic acids is 1. The molecule has 6 nitrogen and oxygen atoms in total. The number of amides is 1. The number of likely N-dealkylation sites (N-methyl/N-ethyl adjacent to an activating group) is 1. The fourth-order valence-electron chi connectivity index (χ4n) is 4.83. The molecular weight excluding hydrogens is 386 g/mol. The van der Waals surface area contributed by atoms with Gasteiger partial charge in [0, 0.05) is 37.4 Å². The molecule has 3 heterocycles. The van der Waals surface area contributed by atoms with Gasteiger partial charge in [0.25, 0.3) is 0 Å². The molecule has 2 aromatic carbocycles. The lowest BCUT2D eigenvalue weighted by Gasteiger charge is -2.28. The number of likely N-dealkylation sites (tertiary alicyclic amines) is 1. The molecule has 0 bridgehead atoms. The van der Waals surface area contributed by atoms with Crippen LogP contribution in [0.25, 0.3) is 22.0 Å². The number of carbonyl (C=O) groups is 1. The van der Waals surface area contributed by atoms with Gasteiger partial charge in [-0.15, -0.1) is 0 Å². The Bertz CT molecular complexity index is 1100. The molecule has 2 aliphatic rings. The van der Waals surface area contributed by atoms with Crippen molar-refractivity contribution < 1.29 is 4.79 Å². The molecule has 160 valence electrons. The van der Waals surface area contributed by atoms with Crippen LogP contribution in [0.3, 0.4) is 0 Å². The highest BCUT2D eigenvalue weighted by Crippen LogP contribution is 2.28. The third kappa shape index (κ3) is 3.88. The van der Waals surface area contributed by atoms with E-state index in [1.54, 1.807) is 0 Å². The van der Waals surface area contributed by atoms with Gasteiger partial charge in [-0.05, 0) is 56.3 Å². The van der Waals surface area contributed by atoms with Crippen molar-refractivity contribution in [1.29, 1.82) is 0 Å². The zero-order valence-electron chi connectivity index (χ0n) is 18.2. The number of hydrogen-bond donors (Lipinski definition) is 0. The fourth-order valence-corrected chi connectivity index (χ4v) is 4.83. The first-order valence-electron chi connectivity index (χ1n) is 11.1. The Morgan fingerprint density at radius 1 is 1.03 bits per heavy atom. The van der Waals surface area contributed by atoms with E-state index in [-0.39, 0.29) is 11.9 Å². The molecule has 2 aliphatic heterocycles. The molecule has 0 aliphatic carbocycles. The van der Waals surface area contributed by atoms with Gasteiger partial charge in [0.2, 0.25) is 11.9 Å². The van der Waals surface area contributed by atoms with Crippen LogP contribution in [-0.4, -0.2) is 71.5 Å². The Morgan fingerprint density at radius 2 is 1.87 bits per heavy atom. The van der Waals surface area contributed by atoms with Gasteiger partial charge in [-0.3, -0.25) is 4.79 Å². The fraction of sp³-hybridized carbons (Fsp3) is 0.400. The van der Waals surface area contributed by atoms with Crippen LogP contribution in [0.4, 0.5) is 5.95 Å². The summed E-state index contributed by atoms with van der Waals surface area (Å²) in [6.07, 6.45) is 4.71. The second kappa shape index (κ2) is 8.27. The smallest absolute Gasteiger partial charge is 0.245 e. The second-order valence-electron chi connectivity index (χ2n) is 8.85. The van der Waals surface area contributed by atoms with Crippen molar-refractivity contribution in [3.8, 4) is 11.3 Å². The number of aromatic nitrogens is 2. The number of fused-ring (bicyclic) bond motifs is 1. The van der Waals surface area contributed by atoms with Crippen LogP contribution < -0.4 is 4.90 Å². The SMILES string of the molecule is CN(C)C1CCN(C(=O)[C@H]2CCCN2c2nccc(-c3ccc4ccccc4c3)n2)C1. The first kappa shape index (κ1) is 19.9. The summed E-state index contributed by atoms with van der Waals surface area (Å²) in [6.45, 7) is 2.47. The number of benzene rings is 2. The van der Waals surface area contributed by atoms with Crippen LogP contribution >= 0.6 is 0 Å². The number of rotatable bonds is 4. The first-order valence-corrected chi connectivity index (χ1v) is 11.1. The molecule has 5 rings (SSSR count). The lowest BCUT2D eigenvalue weighted by atomic mass is 10.1. The molecule has 1 aromatic heterocycles. The van der Waals surface area contributed by atoms with Crippen LogP contribution in [-0.2, 0) is 4.79 Å². The molecule has 3 aromatic rings. The largest absolute Gasteiger partial charge is 0.339 e. The Balaban J connectivity index is 1.39. The zero-order chi connectivity index (χ0) is 21.4. The molecule has 0 radical (unpaired) electrons. The minimum Gasteiger partial charge on any atom is -0.339 e. The van der Waals surface area contributed by atoms with E-state index in [4.69, 9.17) is 4.98 Å². The molecule has 1 amide bonds. The van der Waals surface area contributed by atoms with E-state index in [1.165, 1.54) is 10.8 Å². The maximum absolute atomic E-state index is 13.3. The van der Waals surface area contributed by atoms with Gasteiger partial charge >= 0.3 is 0 Å². The average Bonchev–Trinajstić information content (AvgIpc) is 3.49. The van der Waals surface area contributed by atoms with Crippen LogP contribution in [0.15, 0.2) is 54.7 Å². The van der Waals surface area contributed by atoms with Crippen molar-refractivity contribution in [2.45, 2.75) is 31.3 Å². The second-order valence-corrected chi connectivity index (χ2v) is 8.85. The van der Waals surface area contributed by atoms with E-state index in [1.807, 2.05) is 17.2 Å². The highest BCUT2D eigenvalue weighted by molar-refractivity contribution is 5.87. The molecule has 2 saturated heterocycles. The summed E-state index contributed by atoms with van der Waals surface area (Å²) < 4.78 is 0. The van der Waals surface area contributed by atoms with Crippen molar-refractivity contribution in [2.24, 2.45) is 0 Å². The summed E-state index contributed by atoms with van der Waals surface area (Å²) in [6, 6.07) is 17.0. The molecule has 0 spiro atoms. The first-order chi connectivity index (χ1) is 15.1. The van der Waals surface area contributed by atoms with Gasteiger partial charge in [-0.1, -0.05) is 36.4 Å². The summed E-state index contributed by atoms with van der Waals surface area (Å²) >= 11 is 0. The normalized spacial score (nSPS) is 21.4. The van der Waals surface area contributed by atoms with Crippen molar-refractivity contribution in [2.75, 3.05) is 38.6 Å². The quantitative estimate of drug-likeness (QED) is 0.654. The van der Waals surface area contributed by atoms with E-state index >= 15 is 0 Å². The van der Waals surface area contributed by atoms with Gasteiger partial charge in [0.1, 0.15) is 6.04 Å². The summed E-state index contributed by atoms with van der Waals surface area (Å²) in [7, 11) is 4.18. The molecule has 1 unspecified atom stereocenters. The highest BCUT2D eigenvalue weighted by atomic mass is 16.2. The van der Waals surface area contributed by atoms with E-state index in [2.05, 4.69) is 71.3 Å². The van der Waals surface area contributed by atoms with Gasteiger partial charge in [-0.25, -0.2) is 9.97 Å². The zero-order valence-corrected chi connectivity index (χ0v) is 18.2. The Hall–Kier alpha value is -2.99. The molecule has 31 heavy (non-hydrogen) atoms. The topological polar surface area (TPSA) is 52.6 Å². The summed E-state index contributed by atoms with van der Waals surface area (Å²) in [5.74, 6) is 0.881. The maximum Gasteiger partial charge on any atom is 0.245 e. The van der Waals surface area contributed by atoms with E-state index in [9.17, 15) is 4.79 Å². The van der Waals surface area contributed by atoms with Crippen LogP contribution in [0.2, 0.25) is 0 Å². The van der Waals surface area contributed by atoms with Gasteiger partial charge in [-0.2, -0.15) is 0 Å².